The highest BCUT2D eigenvalue weighted by atomic mass is 16.4. The summed E-state index contributed by atoms with van der Waals surface area (Å²) >= 11 is 0. The van der Waals surface area contributed by atoms with Crippen molar-refractivity contribution in [3.8, 4) is 0 Å². The molecular formula is C12H18N4O2. The maximum atomic E-state index is 12.3. The zero-order chi connectivity index (χ0) is 13.1. The van der Waals surface area contributed by atoms with Crippen molar-refractivity contribution in [2.75, 3.05) is 13.1 Å². The Morgan fingerprint density at radius 3 is 3.00 bits per heavy atom. The molecule has 1 unspecified atom stereocenters. The lowest BCUT2D eigenvalue weighted by molar-refractivity contribution is 0.0719. The Kier molecular flexibility index (Phi) is 3.64. The average molecular weight is 250 g/mol. The van der Waals surface area contributed by atoms with Gasteiger partial charge in [0, 0.05) is 32.5 Å². The van der Waals surface area contributed by atoms with E-state index >= 15 is 0 Å². The Bertz CT molecular complexity index is 466. The molecule has 1 aromatic rings. The van der Waals surface area contributed by atoms with Crippen LogP contribution in [0.15, 0.2) is 17.7 Å². The zero-order valence-corrected chi connectivity index (χ0v) is 10.7. The predicted octanol–water partition coefficient (Wildman–Crippen LogP) is 1.12. The first kappa shape index (κ1) is 12.6. The molecule has 2 heterocycles. The number of oxime groups is 1. The summed E-state index contributed by atoms with van der Waals surface area (Å²) in [5.41, 5.74) is 1.39. The summed E-state index contributed by atoms with van der Waals surface area (Å²) in [5, 5.41) is 12.3. The molecule has 1 aliphatic heterocycles. The van der Waals surface area contributed by atoms with Crippen molar-refractivity contribution in [3.05, 3.63) is 18.2 Å². The number of hydrogen-bond acceptors (Lipinski definition) is 4. The van der Waals surface area contributed by atoms with Gasteiger partial charge in [-0.1, -0.05) is 12.1 Å². The minimum absolute atomic E-state index is 0.00885. The first-order chi connectivity index (χ1) is 8.67. The SMILES string of the molecule is CCC1CN(C(=O)c2cncn2C)CCC1=NO. The average Bonchev–Trinajstić information content (AvgIpc) is 2.83. The Labute approximate surface area is 106 Å². The summed E-state index contributed by atoms with van der Waals surface area (Å²) in [6.07, 6.45) is 4.71. The topological polar surface area (TPSA) is 70.7 Å². The van der Waals surface area contributed by atoms with Crippen LogP contribution in [0.1, 0.15) is 30.3 Å². The van der Waals surface area contributed by atoms with Crippen LogP contribution in [0.3, 0.4) is 0 Å². The third kappa shape index (κ3) is 2.23. The summed E-state index contributed by atoms with van der Waals surface area (Å²) in [6.45, 7) is 3.24. The third-order valence-electron chi connectivity index (χ3n) is 3.49. The quantitative estimate of drug-likeness (QED) is 0.631. The minimum atomic E-state index is -0.00885. The Hall–Kier alpha value is -1.85. The molecule has 6 nitrogen and oxygen atoms in total. The fourth-order valence-electron chi connectivity index (χ4n) is 2.32. The molecule has 1 aromatic heterocycles. The number of carbonyl (C=O) groups excluding carboxylic acids is 1. The Morgan fingerprint density at radius 1 is 1.67 bits per heavy atom. The van der Waals surface area contributed by atoms with E-state index in [9.17, 15) is 4.79 Å². The fourth-order valence-corrected chi connectivity index (χ4v) is 2.32. The number of amides is 1. The predicted molar refractivity (Wildman–Crippen MR) is 66.7 cm³/mol. The minimum Gasteiger partial charge on any atom is -0.411 e. The van der Waals surface area contributed by atoms with Crippen molar-refractivity contribution in [1.82, 2.24) is 14.5 Å². The van der Waals surface area contributed by atoms with E-state index in [2.05, 4.69) is 10.1 Å². The molecule has 1 fully saturated rings. The van der Waals surface area contributed by atoms with Gasteiger partial charge < -0.3 is 14.7 Å². The second-order valence-electron chi connectivity index (χ2n) is 4.59. The zero-order valence-electron chi connectivity index (χ0n) is 10.7. The van der Waals surface area contributed by atoms with Gasteiger partial charge in [-0.25, -0.2) is 4.98 Å². The molecule has 18 heavy (non-hydrogen) atoms. The number of piperidine rings is 1. The standard InChI is InChI=1S/C12H18N4O2/c1-3-9-7-16(5-4-10(9)14-18)12(17)11-6-13-8-15(11)2/h6,8-9,18H,3-5,7H2,1-2H3. The van der Waals surface area contributed by atoms with Gasteiger partial charge >= 0.3 is 0 Å². The molecule has 0 bridgehead atoms. The lowest BCUT2D eigenvalue weighted by Gasteiger charge is -2.32. The number of aryl methyl sites for hydroxylation is 1. The second-order valence-corrected chi connectivity index (χ2v) is 4.59. The summed E-state index contributed by atoms with van der Waals surface area (Å²) in [5.74, 6) is 0.145. The molecule has 0 saturated carbocycles. The van der Waals surface area contributed by atoms with E-state index in [0.29, 0.717) is 25.2 Å². The number of hydrogen-bond donors (Lipinski definition) is 1. The van der Waals surface area contributed by atoms with Crippen molar-refractivity contribution >= 4 is 11.6 Å². The van der Waals surface area contributed by atoms with Gasteiger partial charge in [0.05, 0.1) is 18.2 Å². The van der Waals surface area contributed by atoms with Gasteiger partial charge in [-0.3, -0.25) is 4.79 Å². The molecule has 1 atom stereocenters. The van der Waals surface area contributed by atoms with Gasteiger partial charge in [-0.2, -0.15) is 0 Å². The van der Waals surface area contributed by atoms with E-state index in [-0.39, 0.29) is 11.8 Å². The van der Waals surface area contributed by atoms with Crippen LogP contribution < -0.4 is 0 Å². The lowest BCUT2D eigenvalue weighted by atomic mass is 9.93. The molecule has 1 saturated heterocycles. The van der Waals surface area contributed by atoms with Crippen molar-refractivity contribution < 1.29 is 10.0 Å². The first-order valence-electron chi connectivity index (χ1n) is 6.13. The molecule has 1 aliphatic rings. The van der Waals surface area contributed by atoms with Crippen LogP contribution in [-0.2, 0) is 7.05 Å². The molecule has 98 valence electrons. The van der Waals surface area contributed by atoms with Gasteiger partial charge in [0.15, 0.2) is 0 Å². The highest BCUT2D eigenvalue weighted by Gasteiger charge is 2.29. The molecule has 0 aromatic carbocycles. The van der Waals surface area contributed by atoms with Crippen LogP contribution in [0.25, 0.3) is 0 Å². The molecule has 1 amide bonds. The molecule has 0 radical (unpaired) electrons. The maximum Gasteiger partial charge on any atom is 0.272 e. The van der Waals surface area contributed by atoms with E-state index in [4.69, 9.17) is 5.21 Å². The maximum absolute atomic E-state index is 12.3. The molecule has 6 heteroatoms. The number of likely N-dealkylation sites (tertiary alicyclic amines) is 1. The fraction of sp³-hybridized carbons (Fsp3) is 0.583. The number of rotatable bonds is 2. The largest absolute Gasteiger partial charge is 0.411 e. The van der Waals surface area contributed by atoms with Crippen LogP contribution in [0.4, 0.5) is 0 Å². The van der Waals surface area contributed by atoms with Crippen molar-refractivity contribution in [1.29, 1.82) is 0 Å². The van der Waals surface area contributed by atoms with Gasteiger partial charge in [-0.15, -0.1) is 0 Å². The van der Waals surface area contributed by atoms with Crippen molar-refractivity contribution in [3.63, 3.8) is 0 Å². The summed E-state index contributed by atoms with van der Waals surface area (Å²) < 4.78 is 1.72. The van der Waals surface area contributed by atoms with E-state index in [1.54, 1.807) is 22.0 Å². The highest BCUT2D eigenvalue weighted by Crippen LogP contribution is 2.19. The van der Waals surface area contributed by atoms with E-state index in [0.717, 1.165) is 12.1 Å². The molecular weight excluding hydrogens is 232 g/mol. The van der Waals surface area contributed by atoms with E-state index in [1.165, 1.54) is 0 Å². The van der Waals surface area contributed by atoms with Gasteiger partial charge in [-0.05, 0) is 6.42 Å². The third-order valence-corrected chi connectivity index (χ3v) is 3.49. The van der Waals surface area contributed by atoms with Crippen molar-refractivity contribution in [2.24, 2.45) is 18.1 Å². The highest BCUT2D eigenvalue weighted by molar-refractivity contribution is 5.95. The monoisotopic (exact) mass is 250 g/mol. The van der Waals surface area contributed by atoms with E-state index in [1.807, 2.05) is 14.0 Å². The number of aromatic nitrogens is 2. The second kappa shape index (κ2) is 5.20. The summed E-state index contributed by atoms with van der Waals surface area (Å²) in [4.78, 5) is 18.1. The number of carbonyl (C=O) groups is 1. The van der Waals surface area contributed by atoms with E-state index < -0.39 is 0 Å². The molecule has 2 rings (SSSR count). The normalized spacial score (nSPS) is 22.4. The van der Waals surface area contributed by atoms with Crippen LogP contribution in [-0.4, -0.2) is 44.4 Å². The van der Waals surface area contributed by atoms with Crippen LogP contribution in [0.2, 0.25) is 0 Å². The smallest absolute Gasteiger partial charge is 0.272 e. The Balaban J connectivity index is 2.12. The summed E-state index contributed by atoms with van der Waals surface area (Å²) in [6, 6.07) is 0. The first-order valence-corrected chi connectivity index (χ1v) is 6.13. The van der Waals surface area contributed by atoms with Gasteiger partial charge in [0.1, 0.15) is 5.69 Å². The van der Waals surface area contributed by atoms with Gasteiger partial charge in [0.2, 0.25) is 0 Å². The number of nitrogens with zero attached hydrogens (tertiary/aromatic N) is 4. The van der Waals surface area contributed by atoms with Crippen molar-refractivity contribution in [2.45, 2.75) is 19.8 Å². The summed E-state index contributed by atoms with van der Waals surface area (Å²) in [7, 11) is 1.81. The van der Waals surface area contributed by atoms with Crippen LogP contribution in [0, 0.1) is 5.92 Å². The molecule has 1 N–H and O–H groups in total. The lowest BCUT2D eigenvalue weighted by Crippen LogP contribution is -2.44. The van der Waals surface area contributed by atoms with Crippen LogP contribution >= 0.6 is 0 Å². The Morgan fingerprint density at radius 2 is 2.44 bits per heavy atom. The van der Waals surface area contributed by atoms with Gasteiger partial charge in [0.25, 0.3) is 5.91 Å². The molecule has 0 aliphatic carbocycles. The number of imidazole rings is 1. The molecule has 0 spiro atoms. The van der Waals surface area contributed by atoms with Crippen LogP contribution in [0.5, 0.6) is 0 Å².